The summed E-state index contributed by atoms with van der Waals surface area (Å²) in [7, 11) is 1.37. The smallest absolute Gasteiger partial charge is 0.339 e. The standard InChI is InChI=1S/C14H12BrNO2/c1-9-12(14(17)18-2)6-7-13(16-9)10-4-3-5-11(15)8-10/h3-8H,1-2H3. The minimum Gasteiger partial charge on any atom is -0.465 e. The Morgan fingerprint density at radius 1 is 1.28 bits per heavy atom. The zero-order chi connectivity index (χ0) is 13.1. The highest BCUT2D eigenvalue weighted by Crippen LogP contribution is 2.22. The van der Waals surface area contributed by atoms with E-state index in [0.29, 0.717) is 11.3 Å². The first kappa shape index (κ1) is 12.8. The van der Waals surface area contributed by atoms with Crippen LogP contribution in [-0.2, 0) is 4.74 Å². The van der Waals surface area contributed by atoms with Gasteiger partial charge in [0, 0.05) is 10.0 Å². The molecule has 0 saturated carbocycles. The van der Waals surface area contributed by atoms with Gasteiger partial charge in [-0.25, -0.2) is 4.79 Å². The lowest BCUT2D eigenvalue weighted by Crippen LogP contribution is -2.05. The van der Waals surface area contributed by atoms with Crippen molar-refractivity contribution in [1.29, 1.82) is 0 Å². The Labute approximate surface area is 114 Å². The molecule has 1 heterocycles. The maximum absolute atomic E-state index is 11.5. The predicted molar refractivity (Wildman–Crippen MR) is 73.4 cm³/mol. The topological polar surface area (TPSA) is 39.2 Å². The monoisotopic (exact) mass is 305 g/mol. The number of benzene rings is 1. The Kier molecular flexibility index (Phi) is 3.77. The van der Waals surface area contributed by atoms with Crippen LogP contribution in [-0.4, -0.2) is 18.1 Å². The molecule has 0 unspecified atom stereocenters. The molecule has 0 radical (unpaired) electrons. The summed E-state index contributed by atoms with van der Waals surface area (Å²) in [6, 6.07) is 11.4. The van der Waals surface area contributed by atoms with E-state index in [-0.39, 0.29) is 5.97 Å². The Morgan fingerprint density at radius 2 is 2.06 bits per heavy atom. The number of nitrogens with zero attached hydrogens (tertiary/aromatic N) is 1. The van der Waals surface area contributed by atoms with E-state index >= 15 is 0 Å². The lowest BCUT2D eigenvalue weighted by atomic mass is 10.1. The fourth-order valence-corrected chi connectivity index (χ4v) is 2.09. The summed E-state index contributed by atoms with van der Waals surface area (Å²) < 4.78 is 5.69. The fourth-order valence-electron chi connectivity index (χ4n) is 1.70. The minimum atomic E-state index is -0.360. The summed E-state index contributed by atoms with van der Waals surface area (Å²) in [4.78, 5) is 15.9. The van der Waals surface area contributed by atoms with Crippen LogP contribution in [0.15, 0.2) is 40.9 Å². The first-order chi connectivity index (χ1) is 8.61. The molecule has 4 heteroatoms. The van der Waals surface area contributed by atoms with Gasteiger partial charge >= 0.3 is 5.97 Å². The number of carbonyl (C=O) groups excluding carboxylic acids is 1. The third kappa shape index (κ3) is 2.59. The second-order valence-corrected chi connectivity index (χ2v) is 4.75. The summed E-state index contributed by atoms with van der Waals surface area (Å²) in [5.74, 6) is -0.360. The van der Waals surface area contributed by atoms with E-state index in [1.807, 2.05) is 30.3 Å². The van der Waals surface area contributed by atoms with Gasteiger partial charge in [-0.15, -0.1) is 0 Å². The minimum absolute atomic E-state index is 0.360. The van der Waals surface area contributed by atoms with Crippen LogP contribution in [0.3, 0.4) is 0 Å². The first-order valence-corrected chi connectivity index (χ1v) is 6.23. The number of methoxy groups -OCH3 is 1. The van der Waals surface area contributed by atoms with Crippen LogP contribution in [0.5, 0.6) is 0 Å². The molecule has 0 fully saturated rings. The number of hydrogen-bond acceptors (Lipinski definition) is 3. The molecule has 18 heavy (non-hydrogen) atoms. The third-order valence-corrected chi connectivity index (χ3v) is 3.10. The number of aryl methyl sites for hydroxylation is 1. The first-order valence-electron chi connectivity index (χ1n) is 5.43. The van der Waals surface area contributed by atoms with Crippen LogP contribution in [0.25, 0.3) is 11.3 Å². The second-order valence-electron chi connectivity index (χ2n) is 3.83. The maximum atomic E-state index is 11.5. The normalized spacial score (nSPS) is 10.2. The zero-order valence-corrected chi connectivity index (χ0v) is 11.7. The van der Waals surface area contributed by atoms with Crippen LogP contribution in [0.1, 0.15) is 16.1 Å². The largest absolute Gasteiger partial charge is 0.465 e. The maximum Gasteiger partial charge on any atom is 0.339 e. The van der Waals surface area contributed by atoms with Crippen molar-refractivity contribution in [1.82, 2.24) is 4.98 Å². The second kappa shape index (κ2) is 5.31. The van der Waals surface area contributed by atoms with Crippen molar-refractivity contribution in [2.24, 2.45) is 0 Å². The Hall–Kier alpha value is -1.68. The summed E-state index contributed by atoms with van der Waals surface area (Å²) in [6.07, 6.45) is 0. The molecule has 0 atom stereocenters. The van der Waals surface area contributed by atoms with E-state index in [4.69, 9.17) is 4.74 Å². The highest BCUT2D eigenvalue weighted by Gasteiger charge is 2.11. The lowest BCUT2D eigenvalue weighted by Gasteiger charge is -2.06. The number of halogens is 1. The molecule has 0 aliphatic heterocycles. The number of pyridine rings is 1. The average molecular weight is 306 g/mol. The van der Waals surface area contributed by atoms with Gasteiger partial charge in [0.15, 0.2) is 0 Å². The van der Waals surface area contributed by atoms with Gasteiger partial charge in [0.1, 0.15) is 0 Å². The number of ether oxygens (including phenoxy) is 1. The van der Waals surface area contributed by atoms with Crippen molar-refractivity contribution < 1.29 is 9.53 Å². The molecule has 0 aliphatic rings. The van der Waals surface area contributed by atoms with Crippen molar-refractivity contribution >= 4 is 21.9 Å². The van der Waals surface area contributed by atoms with Gasteiger partial charge in [-0.05, 0) is 31.2 Å². The summed E-state index contributed by atoms with van der Waals surface area (Å²) >= 11 is 3.42. The third-order valence-electron chi connectivity index (χ3n) is 2.61. The molecule has 1 aromatic carbocycles. The number of carbonyl (C=O) groups is 1. The highest BCUT2D eigenvalue weighted by atomic mass is 79.9. The molecule has 0 spiro atoms. The highest BCUT2D eigenvalue weighted by molar-refractivity contribution is 9.10. The van der Waals surface area contributed by atoms with E-state index < -0.39 is 0 Å². The quantitative estimate of drug-likeness (QED) is 0.796. The van der Waals surface area contributed by atoms with Gasteiger partial charge in [-0.2, -0.15) is 0 Å². The van der Waals surface area contributed by atoms with E-state index in [1.165, 1.54) is 7.11 Å². The summed E-state index contributed by atoms with van der Waals surface area (Å²) in [5.41, 5.74) is 3.00. The van der Waals surface area contributed by atoms with Gasteiger partial charge in [0.05, 0.1) is 24.1 Å². The van der Waals surface area contributed by atoms with Crippen molar-refractivity contribution in [2.45, 2.75) is 6.92 Å². The molecule has 3 nitrogen and oxygen atoms in total. The average Bonchev–Trinajstić information content (AvgIpc) is 2.37. The molecule has 0 N–H and O–H groups in total. The molecular weight excluding hydrogens is 294 g/mol. The molecule has 0 bridgehead atoms. The van der Waals surface area contributed by atoms with Gasteiger partial charge in [-0.3, -0.25) is 4.98 Å². The van der Waals surface area contributed by atoms with E-state index in [9.17, 15) is 4.79 Å². The molecule has 2 rings (SSSR count). The molecule has 92 valence electrons. The van der Waals surface area contributed by atoms with E-state index in [0.717, 1.165) is 15.7 Å². The summed E-state index contributed by atoms with van der Waals surface area (Å²) in [5, 5.41) is 0. The Bertz CT molecular complexity index is 596. The van der Waals surface area contributed by atoms with Gasteiger partial charge in [-0.1, -0.05) is 28.1 Å². The molecule has 0 amide bonds. The van der Waals surface area contributed by atoms with Crippen molar-refractivity contribution in [3.05, 3.63) is 52.1 Å². The number of hydrogen-bond donors (Lipinski definition) is 0. The van der Waals surface area contributed by atoms with E-state index in [1.54, 1.807) is 13.0 Å². The van der Waals surface area contributed by atoms with Crippen LogP contribution in [0.4, 0.5) is 0 Å². The Morgan fingerprint density at radius 3 is 2.67 bits per heavy atom. The van der Waals surface area contributed by atoms with Crippen LogP contribution in [0, 0.1) is 6.92 Å². The zero-order valence-electron chi connectivity index (χ0n) is 10.1. The van der Waals surface area contributed by atoms with Crippen LogP contribution >= 0.6 is 15.9 Å². The SMILES string of the molecule is COC(=O)c1ccc(-c2cccc(Br)c2)nc1C. The fraction of sp³-hybridized carbons (Fsp3) is 0.143. The van der Waals surface area contributed by atoms with Crippen LogP contribution < -0.4 is 0 Å². The van der Waals surface area contributed by atoms with Gasteiger partial charge in [0.2, 0.25) is 0 Å². The number of esters is 1. The van der Waals surface area contributed by atoms with E-state index in [2.05, 4.69) is 20.9 Å². The van der Waals surface area contributed by atoms with Gasteiger partial charge in [0.25, 0.3) is 0 Å². The Balaban J connectivity index is 2.43. The van der Waals surface area contributed by atoms with Crippen LogP contribution in [0.2, 0.25) is 0 Å². The molecular formula is C14H12BrNO2. The van der Waals surface area contributed by atoms with Crippen molar-refractivity contribution in [3.63, 3.8) is 0 Å². The lowest BCUT2D eigenvalue weighted by molar-refractivity contribution is 0.0599. The number of rotatable bonds is 2. The van der Waals surface area contributed by atoms with Gasteiger partial charge < -0.3 is 4.74 Å². The summed E-state index contributed by atoms with van der Waals surface area (Å²) in [6.45, 7) is 1.80. The molecule has 1 aromatic heterocycles. The molecule has 0 saturated heterocycles. The molecule has 2 aromatic rings. The van der Waals surface area contributed by atoms with Crippen molar-refractivity contribution in [3.8, 4) is 11.3 Å². The van der Waals surface area contributed by atoms with Crippen molar-refractivity contribution in [2.75, 3.05) is 7.11 Å². The molecule has 0 aliphatic carbocycles. The predicted octanol–water partition coefficient (Wildman–Crippen LogP) is 3.61. The number of aromatic nitrogens is 1.